The first-order valence-electron chi connectivity index (χ1n) is 8.15. The van der Waals surface area contributed by atoms with Gasteiger partial charge in [0.2, 0.25) is 11.8 Å². The smallest absolute Gasteiger partial charge is 0.242 e. The van der Waals surface area contributed by atoms with Crippen LogP contribution in [0.25, 0.3) is 0 Å². The molecule has 0 spiro atoms. The third-order valence-corrected chi connectivity index (χ3v) is 5.91. The number of hydrogen-bond acceptors (Lipinski definition) is 3. The molecule has 2 amide bonds. The Balaban J connectivity index is 2.14. The van der Waals surface area contributed by atoms with Gasteiger partial charge in [-0.15, -0.1) is 11.8 Å². The lowest BCUT2D eigenvalue weighted by Crippen LogP contribution is -2.47. The van der Waals surface area contributed by atoms with E-state index in [0.717, 1.165) is 10.5 Å². The summed E-state index contributed by atoms with van der Waals surface area (Å²) in [5.74, 6) is -0.193. The third kappa shape index (κ3) is 6.32. The lowest BCUT2D eigenvalue weighted by atomic mass is 10.1. The molecule has 0 aliphatic heterocycles. The average molecular weight is 446 g/mol. The normalized spacial score (nSPS) is 11.7. The molecule has 27 heavy (non-hydrogen) atoms. The molecule has 0 saturated heterocycles. The van der Waals surface area contributed by atoms with Gasteiger partial charge in [0.05, 0.1) is 15.8 Å². The molecule has 144 valence electrons. The Morgan fingerprint density at radius 1 is 1.07 bits per heavy atom. The van der Waals surface area contributed by atoms with Gasteiger partial charge in [-0.2, -0.15) is 0 Å². The zero-order valence-electron chi connectivity index (χ0n) is 14.8. The molecular weight excluding hydrogens is 427 g/mol. The minimum atomic E-state index is -0.622. The largest absolute Gasteiger partial charge is 0.357 e. The second-order valence-corrected chi connectivity index (χ2v) is 8.10. The molecule has 0 saturated carbocycles. The summed E-state index contributed by atoms with van der Waals surface area (Å²) < 4.78 is 0. The summed E-state index contributed by atoms with van der Waals surface area (Å²) in [6.07, 6.45) is 0. The van der Waals surface area contributed by atoms with E-state index in [1.54, 1.807) is 44.3 Å². The lowest BCUT2D eigenvalue weighted by molar-refractivity contribution is -0.138. The van der Waals surface area contributed by atoms with Crippen molar-refractivity contribution in [3.8, 4) is 0 Å². The third-order valence-electron chi connectivity index (χ3n) is 3.93. The minimum Gasteiger partial charge on any atom is -0.357 e. The van der Waals surface area contributed by atoms with E-state index in [9.17, 15) is 9.59 Å². The number of likely N-dealkylation sites (N-methyl/N-ethyl adjacent to an activating group) is 1. The Labute approximate surface area is 178 Å². The van der Waals surface area contributed by atoms with Crippen molar-refractivity contribution in [1.29, 1.82) is 0 Å². The van der Waals surface area contributed by atoms with Gasteiger partial charge < -0.3 is 10.2 Å². The van der Waals surface area contributed by atoms with Crippen molar-refractivity contribution in [2.75, 3.05) is 12.8 Å². The molecule has 0 heterocycles. The molecule has 2 rings (SSSR count). The van der Waals surface area contributed by atoms with Gasteiger partial charge in [-0.05, 0) is 48.9 Å². The molecule has 1 N–H and O–H groups in total. The van der Waals surface area contributed by atoms with Crippen LogP contribution in [0.2, 0.25) is 15.1 Å². The number of carbonyl (C=O) groups is 2. The number of hydrogen-bond donors (Lipinski definition) is 1. The van der Waals surface area contributed by atoms with Crippen LogP contribution in [-0.4, -0.2) is 35.6 Å². The van der Waals surface area contributed by atoms with Crippen LogP contribution in [0.15, 0.2) is 47.4 Å². The Hall–Kier alpha value is -1.40. The fourth-order valence-electron chi connectivity index (χ4n) is 2.39. The van der Waals surface area contributed by atoms with Gasteiger partial charge in [0, 0.05) is 23.5 Å². The quantitative estimate of drug-likeness (QED) is 0.617. The number of amides is 2. The van der Waals surface area contributed by atoms with E-state index in [1.165, 1.54) is 16.7 Å². The van der Waals surface area contributed by atoms with Gasteiger partial charge >= 0.3 is 0 Å². The number of nitrogens with one attached hydrogen (secondary N) is 1. The van der Waals surface area contributed by atoms with E-state index in [0.29, 0.717) is 15.1 Å². The number of rotatable bonds is 7. The van der Waals surface area contributed by atoms with Gasteiger partial charge in [0.25, 0.3) is 0 Å². The molecule has 4 nitrogen and oxygen atoms in total. The van der Waals surface area contributed by atoms with Crippen molar-refractivity contribution in [3.63, 3.8) is 0 Å². The fourth-order valence-corrected chi connectivity index (χ4v) is 3.62. The van der Waals surface area contributed by atoms with Crippen LogP contribution in [0, 0.1) is 0 Å². The van der Waals surface area contributed by atoms with Crippen molar-refractivity contribution in [1.82, 2.24) is 10.2 Å². The van der Waals surface area contributed by atoms with E-state index in [1.807, 2.05) is 12.1 Å². The maximum absolute atomic E-state index is 12.8. The van der Waals surface area contributed by atoms with Gasteiger partial charge in [0.1, 0.15) is 6.04 Å². The molecule has 0 bridgehead atoms. The molecule has 2 aromatic rings. The minimum absolute atomic E-state index is 0.155. The number of carbonyl (C=O) groups excluding carboxylic acids is 2. The summed E-state index contributed by atoms with van der Waals surface area (Å²) in [5, 5.41) is 4.07. The maximum atomic E-state index is 12.8. The van der Waals surface area contributed by atoms with Gasteiger partial charge in [-0.3, -0.25) is 9.59 Å². The molecule has 0 aromatic heterocycles. The van der Waals surface area contributed by atoms with Crippen LogP contribution in [0.3, 0.4) is 0 Å². The van der Waals surface area contributed by atoms with E-state index in [4.69, 9.17) is 34.8 Å². The molecular formula is C19H19Cl3N2O2S. The molecule has 2 aromatic carbocycles. The summed E-state index contributed by atoms with van der Waals surface area (Å²) in [7, 11) is 1.54. The number of nitrogens with zero attached hydrogens (tertiary/aromatic N) is 1. The molecule has 0 radical (unpaired) electrons. The highest BCUT2D eigenvalue weighted by Gasteiger charge is 2.25. The maximum Gasteiger partial charge on any atom is 0.242 e. The molecule has 0 aliphatic rings. The summed E-state index contributed by atoms with van der Waals surface area (Å²) in [6, 6.07) is 11.8. The van der Waals surface area contributed by atoms with Crippen molar-refractivity contribution in [3.05, 3.63) is 63.1 Å². The first kappa shape index (κ1) is 21.9. The molecule has 1 atom stereocenters. The van der Waals surface area contributed by atoms with Crippen molar-refractivity contribution in [2.24, 2.45) is 0 Å². The second kappa shape index (κ2) is 10.2. The highest BCUT2D eigenvalue weighted by molar-refractivity contribution is 8.00. The highest BCUT2D eigenvalue weighted by Crippen LogP contribution is 2.25. The van der Waals surface area contributed by atoms with E-state index in [2.05, 4.69) is 5.32 Å². The Kier molecular flexibility index (Phi) is 8.29. The topological polar surface area (TPSA) is 49.4 Å². The average Bonchev–Trinajstić information content (AvgIpc) is 2.67. The van der Waals surface area contributed by atoms with Gasteiger partial charge in [-0.25, -0.2) is 0 Å². The van der Waals surface area contributed by atoms with Crippen LogP contribution in [-0.2, 0) is 16.1 Å². The lowest BCUT2D eigenvalue weighted by Gasteiger charge is -2.28. The predicted molar refractivity (Wildman–Crippen MR) is 113 cm³/mol. The number of thioether (sulfide) groups is 1. The fraction of sp³-hybridized carbons (Fsp3) is 0.263. The van der Waals surface area contributed by atoms with Gasteiger partial charge in [-0.1, -0.05) is 40.9 Å². The second-order valence-electron chi connectivity index (χ2n) is 5.80. The summed E-state index contributed by atoms with van der Waals surface area (Å²) >= 11 is 19.3. The first-order valence-corrected chi connectivity index (χ1v) is 10.3. The Bertz CT molecular complexity index is 815. The van der Waals surface area contributed by atoms with E-state index >= 15 is 0 Å². The van der Waals surface area contributed by atoms with E-state index < -0.39 is 6.04 Å². The first-order chi connectivity index (χ1) is 12.8. The Morgan fingerprint density at radius 3 is 2.33 bits per heavy atom. The standard InChI is InChI=1S/C19H19Cl3N2O2S/c1-12(19(26)23-2)24(10-13-3-8-16(21)17(22)9-13)18(25)11-27-15-6-4-14(20)5-7-15/h3-9,12H,10-11H2,1-2H3,(H,23,26)/t12-/m1/s1. The van der Waals surface area contributed by atoms with Crippen molar-refractivity contribution >= 4 is 58.4 Å². The zero-order chi connectivity index (χ0) is 20.0. The van der Waals surface area contributed by atoms with Crippen LogP contribution < -0.4 is 5.32 Å². The van der Waals surface area contributed by atoms with Crippen LogP contribution >= 0.6 is 46.6 Å². The summed E-state index contributed by atoms with van der Waals surface area (Å²) in [6.45, 7) is 1.95. The molecule has 0 aliphatic carbocycles. The van der Waals surface area contributed by atoms with Crippen molar-refractivity contribution < 1.29 is 9.59 Å². The number of halogens is 3. The van der Waals surface area contributed by atoms with Crippen molar-refractivity contribution in [2.45, 2.75) is 24.4 Å². The molecule has 0 unspecified atom stereocenters. The summed E-state index contributed by atoms with van der Waals surface area (Å²) in [4.78, 5) is 27.4. The van der Waals surface area contributed by atoms with Gasteiger partial charge in [0.15, 0.2) is 0 Å². The number of benzene rings is 2. The van der Waals surface area contributed by atoms with Crippen LogP contribution in [0.1, 0.15) is 12.5 Å². The van der Waals surface area contributed by atoms with E-state index in [-0.39, 0.29) is 24.1 Å². The van der Waals surface area contributed by atoms with Crippen LogP contribution in [0.4, 0.5) is 0 Å². The zero-order valence-corrected chi connectivity index (χ0v) is 17.9. The van der Waals surface area contributed by atoms with Crippen LogP contribution in [0.5, 0.6) is 0 Å². The monoisotopic (exact) mass is 444 g/mol. The highest BCUT2D eigenvalue weighted by atomic mass is 35.5. The molecule has 8 heteroatoms. The molecule has 0 fully saturated rings. The summed E-state index contributed by atoms with van der Waals surface area (Å²) in [5.41, 5.74) is 0.796. The SMILES string of the molecule is CNC(=O)[C@@H](C)N(Cc1ccc(Cl)c(Cl)c1)C(=O)CSc1ccc(Cl)cc1. The Morgan fingerprint density at radius 2 is 1.74 bits per heavy atom. The predicted octanol–water partition coefficient (Wildman–Crippen LogP) is 4.90.